The minimum absolute atomic E-state index is 0.143. The normalized spacial score (nSPS) is 12.3. The van der Waals surface area contributed by atoms with Crippen molar-refractivity contribution in [2.24, 2.45) is 0 Å². The number of rotatable bonds is 7. The number of hydrogen-bond donors (Lipinski definition) is 2. The van der Waals surface area contributed by atoms with Gasteiger partial charge in [-0.3, -0.25) is 4.79 Å². The smallest absolute Gasteiger partial charge is 0.251 e. The summed E-state index contributed by atoms with van der Waals surface area (Å²) in [6, 6.07) is 9.09. The van der Waals surface area contributed by atoms with Gasteiger partial charge in [0.05, 0.1) is 0 Å². The molecule has 0 atom stereocenters. The highest BCUT2D eigenvalue weighted by Crippen LogP contribution is 2.32. The number of nitrogens with zero attached hydrogens (tertiary/aromatic N) is 2. The number of amides is 1. The van der Waals surface area contributed by atoms with Crippen molar-refractivity contribution < 1.29 is 14.3 Å². The fourth-order valence-corrected chi connectivity index (χ4v) is 2.41. The van der Waals surface area contributed by atoms with Gasteiger partial charge in [0.25, 0.3) is 5.91 Å². The number of carbonyl (C=O) groups is 1. The Morgan fingerprint density at radius 2 is 2.04 bits per heavy atom. The lowest BCUT2D eigenvalue weighted by Crippen LogP contribution is -2.23. The number of fused-ring (bicyclic) bond motifs is 1. The molecule has 25 heavy (non-hydrogen) atoms. The zero-order valence-corrected chi connectivity index (χ0v) is 14.4. The van der Waals surface area contributed by atoms with E-state index in [1.807, 2.05) is 32.3 Å². The molecule has 7 heteroatoms. The maximum atomic E-state index is 12.4. The molecule has 0 saturated carbocycles. The number of anilines is 1. The van der Waals surface area contributed by atoms with Crippen LogP contribution in [-0.2, 0) is 6.54 Å². The van der Waals surface area contributed by atoms with E-state index < -0.39 is 0 Å². The number of nitrogens with one attached hydrogen (secondary N) is 2. The minimum atomic E-state index is -0.143. The second kappa shape index (κ2) is 7.85. The molecule has 7 nitrogen and oxygen atoms in total. The fraction of sp³-hybridized carbons (Fsp3) is 0.333. The summed E-state index contributed by atoms with van der Waals surface area (Å²) in [6.45, 7) is 2.32. The fourth-order valence-electron chi connectivity index (χ4n) is 2.41. The lowest BCUT2D eigenvalue weighted by Gasteiger charge is -2.11. The van der Waals surface area contributed by atoms with E-state index in [0.29, 0.717) is 23.7 Å². The van der Waals surface area contributed by atoms with Crippen LogP contribution in [0.5, 0.6) is 11.5 Å². The van der Waals surface area contributed by atoms with E-state index in [2.05, 4.69) is 20.5 Å². The first-order valence-electron chi connectivity index (χ1n) is 8.13. The average molecular weight is 342 g/mol. The van der Waals surface area contributed by atoms with Crippen molar-refractivity contribution in [2.75, 3.05) is 39.3 Å². The van der Waals surface area contributed by atoms with Gasteiger partial charge in [0.1, 0.15) is 5.82 Å². The van der Waals surface area contributed by atoms with Gasteiger partial charge < -0.3 is 25.0 Å². The molecule has 0 aliphatic carbocycles. The summed E-state index contributed by atoms with van der Waals surface area (Å²) in [5.41, 5.74) is 1.53. The first-order chi connectivity index (χ1) is 12.1. The van der Waals surface area contributed by atoms with Crippen LogP contribution in [0, 0.1) is 0 Å². The molecular formula is C18H22N4O3. The van der Waals surface area contributed by atoms with Crippen molar-refractivity contribution in [3.05, 3.63) is 47.7 Å². The standard InChI is InChI=1S/C18H22N4O3/c1-22(2)8-7-20-17-10-14(5-6-19-17)18(23)21-11-13-3-4-15-16(9-13)25-12-24-15/h3-6,9-10H,7-8,11-12H2,1-2H3,(H,19,20)(H,21,23). The van der Waals surface area contributed by atoms with Gasteiger partial charge in [-0.25, -0.2) is 4.98 Å². The lowest BCUT2D eigenvalue weighted by molar-refractivity contribution is 0.0950. The zero-order chi connectivity index (χ0) is 17.6. The van der Waals surface area contributed by atoms with Gasteiger partial charge in [-0.1, -0.05) is 6.07 Å². The van der Waals surface area contributed by atoms with Crippen molar-refractivity contribution >= 4 is 11.7 Å². The summed E-state index contributed by atoms with van der Waals surface area (Å²) in [5.74, 6) is 1.99. The van der Waals surface area contributed by atoms with Crippen molar-refractivity contribution in [3.8, 4) is 11.5 Å². The molecule has 1 aliphatic heterocycles. The lowest BCUT2D eigenvalue weighted by atomic mass is 10.2. The van der Waals surface area contributed by atoms with Gasteiger partial charge >= 0.3 is 0 Å². The molecule has 2 heterocycles. The highest BCUT2D eigenvalue weighted by molar-refractivity contribution is 5.94. The van der Waals surface area contributed by atoms with Gasteiger partial charge in [-0.2, -0.15) is 0 Å². The maximum Gasteiger partial charge on any atom is 0.251 e. The van der Waals surface area contributed by atoms with Gasteiger partial charge in [-0.05, 0) is 43.9 Å². The van der Waals surface area contributed by atoms with Crippen LogP contribution in [0.3, 0.4) is 0 Å². The van der Waals surface area contributed by atoms with Gasteiger partial charge in [0, 0.05) is 31.4 Å². The summed E-state index contributed by atoms with van der Waals surface area (Å²) in [6.07, 6.45) is 1.63. The van der Waals surface area contributed by atoms with Crippen LogP contribution >= 0.6 is 0 Å². The van der Waals surface area contributed by atoms with Gasteiger partial charge in [0.15, 0.2) is 11.5 Å². The second-order valence-electron chi connectivity index (χ2n) is 6.03. The van der Waals surface area contributed by atoms with E-state index in [0.717, 1.165) is 24.4 Å². The Balaban J connectivity index is 1.56. The Labute approximate surface area is 147 Å². The molecule has 1 aromatic heterocycles. The maximum absolute atomic E-state index is 12.4. The molecule has 2 aromatic rings. The molecular weight excluding hydrogens is 320 g/mol. The number of aromatic nitrogens is 1. The van der Waals surface area contributed by atoms with E-state index in [-0.39, 0.29) is 12.7 Å². The molecule has 0 radical (unpaired) electrons. The highest BCUT2D eigenvalue weighted by Gasteiger charge is 2.13. The van der Waals surface area contributed by atoms with E-state index in [1.165, 1.54) is 0 Å². The zero-order valence-electron chi connectivity index (χ0n) is 14.4. The summed E-state index contributed by atoms with van der Waals surface area (Å²) in [4.78, 5) is 18.7. The largest absolute Gasteiger partial charge is 0.454 e. The topological polar surface area (TPSA) is 75.7 Å². The van der Waals surface area contributed by atoms with Crippen LogP contribution in [0.2, 0.25) is 0 Å². The molecule has 1 aliphatic rings. The number of ether oxygens (including phenoxy) is 2. The molecule has 0 bridgehead atoms. The van der Waals surface area contributed by atoms with Crippen molar-refractivity contribution in [1.82, 2.24) is 15.2 Å². The summed E-state index contributed by atoms with van der Waals surface area (Å²) in [5, 5.41) is 6.12. The van der Waals surface area contributed by atoms with Crippen LogP contribution in [0.15, 0.2) is 36.5 Å². The molecule has 2 N–H and O–H groups in total. The molecule has 1 aromatic carbocycles. The molecule has 132 valence electrons. The van der Waals surface area contributed by atoms with E-state index >= 15 is 0 Å². The predicted octanol–water partition coefficient (Wildman–Crippen LogP) is 1.71. The van der Waals surface area contributed by atoms with Crippen LogP contribution < -0.4 is 20.1 Å². The van der Waals surface area contributed by atoms with Crippen molar-refractivity contribution in [3.63, 3.8) is 0 Å². The highest BCUT2D eigenvalue weighted by atomic mass is 16.7. The van der Waals surface area contributed by atoms with Crippen molar-refractivity contribution in [1.29, 1.82) is 0 Å². The van der Waals surface area contributed by atoms with E-state index in [9.17, 15) is 4.79 Å². The second-order valence-corrected chi connectivity index (χ2v) is 6.03. The molecule has 0 unspecified atom stereocenters. The third kappa shape index (κ3) is 4.60. The molecule has 0 spiro atoms. The SMILES string of the molecule is CN(C)CCNc1cc(C(=O)NCc2ccc3c(c2)OCO3)ccn1. The number of benzene rings is 1. The van der Waals surface area contributed by atoms with Crippen LogP contribution in [-0.4, -0.2) is 49.8 Å². The predicted molar refractivity (Wildman–Crippen MR) is 95.0 cm³/mol. The molecule has 0 fully saturated rings. The minimum Gasteiger partial charge on any atom is -0.454 e. The Kier molecular flexibility index (Phi) is 5.35. The summed E-state index contributed by atoms with van der Waals surface area (Å²) < 4.78 is 10.6. The molecule has 0 saturated heterocycles. The number of pyridine rings is 1. The Morgan fingerprint density at radius 3 is 2.88 bits per heavy atom. The molecule has 1 amide bonds. The average Bonchev–Trinajstić information content (AvgIpc) is 3.07. The van der Waals surface area contributed by atoms with Gasteiger partial charge in [-0.15, -0.1) is 0 Å². The van der Waals surface area contributed by atoms with Crippen molar-refractivity contribution in [2.45, 2.75) is 6.54 Å². The van der Waals surface area contributed by atoms with E-state index in [4.69, 9.17) is 9.47 Å². The third-order valence-electron chi connectivity index (χ3n) is 3.78. The summed E-state index contributed by atoms with van der Waals surface area (Å²) in [7, 11) is 4.02. The first-order valence-corrected chi connectivity index (χ1v) is 8.13. The number of likely N-dealkylation sites (N-methyl/N-ethyl adjacent to an activating group) is 1. The van der Waals surface area contributed by atoms with Crippen LogP contribution in [0.4, 0.5) is 5.82 Å². The van der Waals surface area contributed by atoms with Crippen LogP contribution in [0.1, 0.15) is 15.9 Å². The Bertz CT molecular complexity index is 749. The number of hydrogen-bond acceptors (Lipinski definition) is 6. The monoisotopic (exact) mass is 342 g/mol. The quantitative estimate of drug-likeness (QED) is 0.798. The number of carbonyl (C=O) groups excluding carboxylic acids is 1. The van der Waals surface area contributed by atoms with Crippen LogP contribution in [0.25, 0.3) is 0 Å². The van der Waals surface area contributed by atoms with Gasteiger partial charge in [0.2, 0.25) is 6.79 Å². The Hall–Kier alpha value is -2.80. The summed E-state index contributed by atoms with van der Waals surface area (Å²) >= 11 is 0. The first kappa shape index (κ1) is 17.0. The van der Waals surface area contributed by atoms with E-state index in [1.54, 1.807) is 18.3 Å². The molecule has 3 rings (SSSR count). The third-order valence-corrected chi connectivity index (χ3v) is 3.78. The Morgan fingerprint density at radius 1 is 1.20 bits per heavy atom.